The third kappa shape index (κ3) is 5.05. The SMILES string of the molecule is Cc1ccc(C)c(OCCOc2ccc(C=C3C(=N)N4C(=NC3=O)SN=C4S(C)(=O)=O)cc2)c1. The standard InChI is InChI=1S/C23H22N4O5S2/c1-14-4-5-15(2)19(12-14)32-11-10-31-17-8-6-16(7-9-17)13-18-20(24)27-22(25-21(18)28)33-26-23(27)34(3,29)30/h4-9,12-13,24H,10-11H2,1-3H3. The number of hydrogen-bond acceptors (Lipinski definition) is 8. The Labute approximate surface area is 201 Å². The molecule has 1 N–H and O–H groups in total. The van der Waals surface area contributed by atoms with Crippen LogP contribution < -0.4 is 9.47 Å². The molecule has 0 spiro atoms. The number of aliphatic imine (C=N–C) groups is 1. The molecule has 0 aromatic heterocycles. The van der Waals surface area contributed by atoms with Gasteiger partial charge < -0.3 is 9.47 Å². The molecule has 0 saturated carbocycles. The number of hydrogen-bond donors (Lipinski definition) is 1. The Kier molecular flexibility index (Phi) is 6.58. The van der Waals surface area contributed by atoms with E-state index < -0.39 is 15.7 Å². The number of sulfone groups is 1. The van der Waals surface area contributed by atoms with Gasteiger partial charge in [-0.15, -0.1) is 0 Å². The molecule has 4 rings (SSSR count). The number of fused-ring (bicyclic) bond motifs is 1. The molecule has 2 aliphatic rings. The third-order valence-corrected chi connectivity index (χ3v) is 6.72. The highest BCUT2D eigenvalue weighted by Crippen LogP contribution is 2.30. The van der Waals surface area contributed by atoms with Crippen LogP contribution in [-0.4, -0.2) is 54.9 Å². The summed E-state index contributed by atoms with van der Waals surface area (Å²) in [6.45, 7) is 4.74. The van der Waals surface area contributed by atoms with Crippen molar-refractivity contribution in [2.75, 3.05) is 19.5 Å². The lowest BCUT2D eigenvalue weighted by Gasteiger charge is -2.23. The van der Waals surface area contributed by atoms with E-state index in [0.717, 1.165) is 40.0 Å². The second kappa shape index (κ2) is 9.43. The molecule has 0 aliphatic carbocycles. The van der Waals surface area contributed by atoms with Crippen LogP contribution in [0.2, 0.25) is 0 Å². The van der Waals surface area contributed by atoms with Crippen molar-refractivity contribution in [3.63, 3.8) is 0 Å². The summed E-state index contributed by atoms with van der Waals surface area (Å²) in [6.07, 6.45) is 2.48. The molecule has 0 unspecified atom stereocenters. The van der Waals surface area contributed by atoms with Crippen molar-refractivity contribution in [1.82, 2.24) is 4.90 Å². The van der Waals surface area contributed by atoms with E-state index in [1.54, 1.807) is 24.3 Å². The molecule has 34 heavy (non-hydrogen) atoms. The Morgan fingerprint density at radius 1 is 1.09 bits per heavy atom. The van der Waals surface area contributed by atoms with Crippen LogP contribution in [0.15, 0.2) is 57.4 Å². The minimum atomic E-state index is -3.69. The van der Waals surface area contributed by atoms with E-state index in [9.17, 15) is 13.2 Å². The first-order valence-electron chi connectivity index (χ1n) is 10.3. The normalized spacial score (nSPS) is 16.9. The molecule has 1 amide bonds. The van der Waals surface area contributed by atoms with Gasteiger partial charge in [-0.2, -0.15) is 9.39 Å². The quantitative estimate of drug-likeness (QED) is 0.368. The highest BCUT2D eigenvalue weighted by Gasteiger charge is 2.41. The molecule has 0 radical (unpaired) electrons. The fourth-order valence-electron chi connectivity index (χ4n) is 3.24. The van der Waals surface area contributed by atoms with Crippen LogP contribution in [0.3, 0.4) is 0 Å². The van der Waals surface area contributed by atoms with Gasteiger partial charge in [0.2, 0.25) is 20.2 Å². The first kappa shape index (κ1) is 23.7. The number of benzene rings is 2. The summed E-state index contributed by atoms with van der Waals surface area (Å²) in [5.41, 5.74) is 2.79. The summed E-state index contributed by atoms with van der Waals surface area (Å²) in [5.74, 6) is 0.543. The summed E-state index contributed by atoms with van der Waals surface area (Å²) in [5, 5.41) is 8.12. The maximum atomic E-state index is 12.4. The molecule has 0 saturated heterocycles. The lowest BCUT2D eigenvalue weighted by molar-refractivity contribution is -0.114. The molecule has 2 heterocycles. The zero-order valence-electron chi connectivity index (χ0n) is 18.7. The highest BCUT2D eigenvalue weighted by molar-refractivity contribution is 8.16. The Hall–Kier alpha value is -3.44. The fourth-order valence-corrected chi connectivity index (χ4v) is 5.08. The van der Waals surface area contributed by atoms with Crippen molar-refractivity contribution in [2.45, 2.75) is 13.8 Å². The third-order valence-electron chi connectivity index (χ3n) is 4.97. The molecule has 176 valence electrons. The first-order valence-corrected chi connectivity index (χ1v) is 12.9. The van der Waals surface area contributed by atoms with Crippen LogP contribution in [0.5, 0.6) is 11.5 Å². The molecule has 2 aromatic rings. The van der Waals surface area contributed by atoms with Crippen molar-refractivity contribution in [3.05, 3.63) is 64.7 Å². The number of amidine groups is 3. The molecule has 0 fully saturated rings. The number of rotatable bonds is 6. The minimum Gasteiger partial charge on any atom is -0.490 e. The van der Waals surface area contributed by atoms with E-state index in [4.69, 9.17) is 14.9 Å². The Morgan fingerprint density at radius 3 is 2.50 bits per heavy atom. The van der Waals surface area contributed by atoms with Gasteiger partial charge in [-0.1, -0.05) is 24.3 Å². The average Bonchev–Trinajstić information content (AvgIpc) is 3.22. The van der Waals surface area contributed by atoms with Gasteiger partial charge in [-0.3, -0.25) is 10.2 Å². The number of carbonyl (C=O) groups excluding carboxylic acids is 1. The monoisotopic (exact) mass is 498 g/mol. The molecule has 11 heteroatoms. The number of amides is 1. The van der Waals surface area contributed by atoms with Gasteiger partial charge in [0.1, 0.15) is 30.5 Å². The van der Waals surface area contributed by atoms with E-state index in [1.807, 2.05) is 32.0 Å². The molecular formula is C23H22N4O5S2. The van der Waals surface area contributed by atoms with Crippen molar-refractivity contribution in [3.8, 4) is 11.5 Å². The number of carbonyl (C=O) groups is 1. The largest absolute Gasteiger partial charge is 0.490 e. The Morgan fingerprint density at radius 2 is 1.79 bits per heavy atom. The van der Waals surface area contributed by atoms with Crippen molar-refractivity contribution < 1.29 is 22.7 Å². The van der Waals surface area contributed by atoms with Crippen LogP contribution in [0, 0.1) is 19.3 Å². The maximum Gasteiger partial charge on any atom is 0.283 e. The molecule has 9 nitrogen and oxygen atoms in total. The second-order valence-corrected chi connectivity index (χ2v) is 10.4. The Bertz CT molecular complexity index is 1360. The van der Waals surface area contributed by atoms with Gasteiger partial charge in [0.15, 0.2) is 0 Å². The van der Waals surface area contributed by atoms with Crippen LogP contribution in [0.1, 0.15) is 16.7 Å². The van der Waals surface area contributed by atoms with E-state index >= 15 is 0 Å². The number of nitrogens with one attached hydrogen (secondary N) is 1. The van der Waals surface area contributed by atoms with Crippen LogP contribution in [0.4, 0.5) is 0 Å². The zero-order valence-corrected chi connectivity index (χ0v) is 20.4. The predicted octanol–water partition coefficient (Wildman–Crippen LogP) is 3.38. The van der Waals surface area contributed by atoms with E-state index in [-0.39, 0.29) is 21.7 Å². The van der Waals surface area contributed by atoms with Gasteiger partial charge in [-0.05, 0) is 54.8 Å². The molecule has 2 aliphatic heterocycles. The van der Waals surface area contributed by atoms with Crippen molar-refractivity contribution in [1.29, 1.82) is 5.41 Å². The topological polar surface area (TPSA) is 121 Å². The molecule has 2 aromatic carbocycles. The lowest BCUT2D eigenvalue weighted by atomic mass is 10.1. The van der Waals surface area contributed by atoms with Gasteiger partial charge in [-0.25, -0.2) is 13.3 Å². The van der Waals surface area contributed by atoms with E-state index in [0.29, 0.717) is 24.5 Å². The fraction of sp³-hybridized carbons (Fsp3) is 0.217. The Balaban J connectivity index is 1.40. The first-order chi connectivity index (χ1) is 16.1. The molecule has 0 atom stereocenters. The van der Waals surface area contributed by atoms with E-state index in [1.165, 1.54) is 6.08 Å². The summed E-state index contributed by atoms with van der Waals surface area (Å²) >= 11 is 0.757. The number of aryl methyl sites for hydroxylation is 2. The van der Waals surface area contributed by atoms with Gasteiger partial charge >= 0.3 is 0 Å². The average molecular weight is 499 g/mol. The minimum absolute atomic E-state index is 0.0295. The van der Waals surface area contributed by atoms with Crippen LogP contribution in [0.25, 0.3) is 6.08 Å². The summed E-state index contributed by atoms with van der Waals surface area (Å²) in [4.78, 5) is 17.4. The lowest BCUT2D eigenvalue weighted by Crippen LogP contribution is -2.45. The smallest absolute Gasteiger partial charge is 0.283 e. The highest BCUT2D eigenvalue weighted by atomic mass is 32.2. The van der Waals surface area contributed by atoms with Crippen molar-refractivity contribution >= 4 is 49.9 Å². The summed E-state index contributed by atoms with van der Waals surface area (Å²) < 4.78 is 39.3. The molecule has 0 bridgehead atoms. The van der Waals surface area contributed by atoms with Crippen LogP contribution in [-0.2, 0) is 14.6 Å². The molecular weight excluding hydrogens is 476 g/mol. The van der Waals surface area contributed by atoms with E-state index in [2.05, 4.69) is 9.39 Å². The van der Waals surface area contributed by atoms with Crippen LogP contribution >= 0.6 is 11.9 Å². The summed E-state index contributed by atoms with van der Waals surface area (Å²) in [7, 11) is -3.69. The number of nitrogens with zero attached hydrogens (tertiary/aromatic N) is 3. The maximum absolute atomic E-state index is 12.4. The van der Waals surface area contributed by atoms with Crippen molar-refractivity contribution in [2.24, 2.45) is 9.39 Å². The number of ether oxygens (including phenoxy) is 2. The van der Waals surface area contributed by atoms with Gasteiger partial charge in [0, 0.05) is 6.26 Å². The van der Waals surface area contributed by atoms with Gasteiger partial charge in [0.05, 0.1) is 17.5 Å². The van der Waals surface area contributed by atoms with Gasteiger partial charge in [0.25, 0.3) is 5.91 Å². The second-order valence-electron chi connectivity index (χ2n) is 7.71. The predicted molar refractivity (Wildman–Crippen MR) is 133 cm³/mol. The zero-order chi connectivity index (χ0) is 24.5. The summed E-state index contributed by atoms with van der Waals surface area (Å²) in [6, 6.07) is 13.0.